The van der Waals surface area contributed by atoms with E-state index in [1.54, 1.807) is 27.6 Å². The first-order valence-electron chi connectivity index (χ1n) is 10.5. The molecule has 0 aromatic carbocycles. The number of rotatable bonds is 4. The molecule has 6 N–H and O–H groups in total. The number of ether oxygens (including phenoxy) is 2. The smallest absolute Gasteiger partial charge is 0.365 e. The Labute approximate surface area is 217 Å². The number of H-pyrrole nitrogens is 2. The van der Waals surface area contributed by atoms with Crippen LogP contribution in [0.2, 0.25) is 0 Å². The van der Waals surface area contributed by atoms with Gasteiger partial charge in [-0.3, -0.25) is 24.1 Å². The van der Waals surface area contributed by atoms with Gasteiger partial charge in [-0.2, -0.15) is 13.2 Å². The highest BCUT2D eigenvalue weighted by Gasteiger charge is 2.71. The topological polar surface area (TPSA) is 209 Å². The molecule has 0 aliphatic carbocycles. The van der Waals surface area contributed by atoms with Crippen molar-refractivity contribution in [3.63, 3.8) is 0 Å². The third-order valence-corrected chi connectivity index (χ3v) is 6.44. The van der Waals surface area contributed by atoms with Crippen molar-refractivity contribution in [1.29, 1.82) is 0 Å². The van der Waals surface area contributed by atoms with E-state index in [9.17, 15) is 42.6 Å². The second-order valence-electron chi connectivity index (χ2n) is 8.17. The molecule has 37 heavy (non-hydrogen) atoms. The number of nitrogens with one attached hydrogen (secondary N) is 2. The molecule has 18 heteroatoms. The first-order chi connectivity index (χ1) is 17.2. The summed E-state index contributed by atoms with van der Waals surface area (Å²) in [5, 5.41) is 36.6. The van der Waals surface area contributed by atoms with Gasteiger partial charge in [0, 0.05) is 24.4 Å². The zero-order valence-corrected chi connectivity index (χ0v) is 21.0. The molecule has 2 fully saturated rings. The van der Waals surface area contributed by atoms with Crippen molar-refractivity contribution in [3.8, 4) is 0 Å². The molecule has 2 aromatic rings. The number of hydrogen-bond donors (Lipinski definition) is 6. The van der Waals surface area contributed by atoms with Crippen LogP contribution in [0.1, 0.15) is 18.2 Å². The van der Waals surface area contributed by atoms with E-state index in [0.29, 0.717) is 9.77 Å². The summed E-state index contributed by atoms with van der Waals surface area (Å²) < 4.78 is 53.1. The fourth-order valence-corrected chi connectivity index (χ4v) is 4.05. The van der Waals surface area contributed by atoms with Crippen LogP contribution in [0.5, 0.6) is 0 Å². The Kier molecular flexibility index (Phi) is 8.51. The first kappa shape index (κ1) is 29.2. The summed E-state index contributed by atoms with van der Waals surface area (Å²) in [5.74, 6) is -8.50. The summed E-state index contributed by atoms with van der Waals surface area (Å²) in [5.41, 5.74) is -3.58. The Bertz CT molecular complexity index is 1380. The summed E-state index contributed by atoms with van der Waals surface area (Å²) in [6, 6.07) is 0. The van der Waals surface area contributed by atoms with Crippen LogP contribution in [0.4, 0.5) is 13.2 Å². The lowest BCUT2D eigenvalue weighted by Crippen LogP contribution is -2.53. The molecular formula is C19H22F3IN4O10. The van der Waals surface area contributed by atoms with Crippen molar-refractivity contribution < 1.29 is 43.1 Å². The minimum atomic E-state index is -4.49. The van der Waals surface area contributed by atoms with E-state index < -0.39 is 71.6 Å². The van der Waals surface area contributed by atoms with Crippen molar-refractivity contribution in [2.75, 3.05) is 13.2 Å². The number of aromatic nitrogens is 4. The average Bonchev–Trinajstić information content (AvgIpc) is 3.29. The molecule has 0 spiro atoms. The molecule has 0 bridgehead atoms. The molecule has 2 aliphatic rings. The Morgan fingerprint density at radius 3 is 2.16 bits per heavy atom. The van der Waals surface area contributed by atoms with E-state index in [0.717, 1.165) is 0 Å². The Morgan fingerprint density at radius 1 is 1.03 bits per heavy atom. The lowest BCUT2D eigenvalue weighted by atomic mass is 10.1. The van der Waals surface area contributed by atoms with Crippen molar-refractivity contribution in [2.45, 2.75) is 55.9 Å². The number of aliphatic hydroxyl groups excluding tert-OH is 4. The van der Waals surface area contributed by atoms with Gasteiger partial charge in [0.05, 0.1) is 22.9 Å². The molecule has 0 saturated carbocycles. The fraction of sp³-hybridized carbons (Fsp3) is 0.579. The molecule has 4 heterocycles. The highest BCUT2D eigenvalue weighted by molar-refractivity contribution is 14.1. The van der Waals surface area contributed by atoms with Crippen molar-refractivity contribution >= 4 is 22.6 Å². The molecule has 2 aliphatic heterocycles. The van der Waals surface area contributed by atoms with Crippen LogP contribution in [0.3, 0.4) is 0 Å². The van der Waals surface area contributed by atoms with Gasteiger partial charge in [0.1, 0.15) is 18.4 Å². The molecule has 0 radical (unpaired) electrons. The van der Waals surface area contributed by atoms with E-state index in [1.807, 2.05) is 0 Å². The molecule has 0 unspecified atom stereocenters. The predicted octanol–water partition coefficient (Wildman–Crippen LogP) is -2.41. The summed E-state index contributed by atoms with van der Waals surface area (Å²) >= 11 is 1.80. The lowest BCUT2D eigenvalue weighted by Gasteiger charge is -2.27. The molecular weight excluding hydrogens is 628 g/mol. The fourth-order valence-electron chi connectivity index (χ4n) is 3.62. The SMILES string of the molecule is Cc1cn([C@]2(F)O[C@H](CO)[C@@H](O)C2(F)F)c(=O)[nH]c1=O.O=c1[nH]c(=O)n([C@H]2C[C@H](O)[C@@H](CO)O2)cc1I. The second-order valence-corrected chi connectivity index (χ2v) is 9.33. The van der Waals surface area contributed by atoms with Crippen molar-refractivity contribution in [2.24, 2.45) is 0 Å². The van der Waals surface area contributed by atoms with Gasteiger partial charge in [-0.25, -0.2) is 14.2 Å². The lowest BCUT2D eigenvalue weighted by molar-refractivity contribution is -0.297. The average molecular weight is 650 g/mol. The third kappa shape index (κ3) is 5.31. The minimum Gasteiger partial charge on any atom is -0.394 e. The van der Waals surface area contributed by atoms with Crippen LogP contribution in [-0.2, 0) is 15.5 Å². The molecule has 6 atom stereocenters. The van der Waals surface area contributed by atoms with E-state index in [1.165, 1.54) is 17.7 Å². The molecule has 2 saturated heterocycles. The number of aryl methyl sites for hydroxylation is 1. The van der Waals surface area contributed by atoms with E-state index in [-0.39, 0.29) is 23.2 Å². The van der Waals surface area contributed by atoms with Crippen LogP contribution in [-0.4, -0.2) is 83.1 Å². The maximum absolute atomic E-state index is 14.5. The van der Waals surface area contributed by atoms with Gasteiger partial charge < -0.3 is 29.9 Å². The third-order valence-electron chi connectivity index (χ3n) is 5.67. The number of aromatic amines is 2. The number of hydrogen-bond acceptors (Lipinski definition) is 10. The zero-order valence-electron chi connectivity index (χ0n) is 18.8. The van der Waals surface area contributed by atoms with Crippen molar-refractivity contribution in [1.82, 2.24) is 19.1 Å². The van der Waals surface area contributed by atoms with Gasteiger partial charge >= 0.3 is 23.3 Å². The van der Waals surface area contributed by atoms with E-state index in [4.69, 9.17) is 14.9 Å². The second kappa shape index (κ2) is 10.8. The number of alkyl halides is 3. The summed E-state index contributed by atoms with van der Waals surface area (Å²) in [6.45, 7) is -0.211. The van der Waals surface area contributed by atoms with Gasteiger partial charge in [0.25, 0.3) is 11.1 Å². The number of aliphatic hydroxyl groups is 4. The highest BCUT2D eigenvalue weighted by atomic mass is 127. The maximum atomic E-state index is 14.5. The molecule has 206 valence electrons. The first-order valence-corrected chi connectivity index (χ1v) is 11.6. The van der Waals surface area contributed by atoms with Gasteiger partial charge in [-0.05, 0) is 29.5 Å². The standard InChI is InChI=1S/C10H11F3N2O5.C9H11IN2O5/c1-4-2-15(8(19)14-7(4)18)10(13)9(11,12)6(17)5(3-16)20-10;10-4-2-12(9(16)11-8(4)15)7-1-5(14)6(3-13)17-7/h2,5-6,16-17H,3H2,1H3,(H,14,18,19);2,5-7,13-14H,1,3H2,(H,11,15,16)/t5-,6-,10+;5-,6+,7+/m10/s1. The predicted molar refractivity (Wildman–Crippen MR) is 124 cm³/mol. The van der Waals surface area contributed by atoms with Crippen LogP contribution in [0.25, 0.3) is 0 Å². The Hall–Kier alpha value is -2.36. The molecule has 14 nitrogen and oxygen atoms in total. The maximum Gasteiger partial charge on any atom is 0.365 e. The highest BCUT2D eigenvalue weighted by Crippen LogP contribution is 2.48. The van der Waals surface area contributed by atoms with Crippen molar-refractivity contribution in [3.05, 3.63) is 63.2 Å². The van der Waals surface area contributed by atoms with Crippen LogP contribution < -0.4 is 22.5 Å². The number of nitrogens with zero attached hydrogens (tertiary/aromatic N) is 2. The minimum absolute atomic E-state index is 0.150. The van der Waals surface area contributed by atoms with E-state index >= 15 is 0 Å². The van der Waals surface area contributed by atoms with Gasteiger partial charge in [-0.15, -0.1) is 0 Å². The monoisotopic (exact) mass is 650 g/mol. The normalized spacial score (nSPS) is 30.7. The zero-order chi connectivity index (χ0) is 27.9. The largest absolute Gasteiger partial charge is 0.394 e. The quantitative estimate of drug-likeness (QED) is 0.193. The molecule has 4 rings (SSSR count). The number of halogens is 4. The summed E-state index contributed by atoms with van der Waals surface area (Å²) in [6.07, 6.45) is -4.60. The van der Waals surface area contributed by atoms with Crippen LogP contribution >= 0.6 is 22.6 Å². The van der Waals surface area contributed by atoms with Gasteiger partial charge in [0.15, 0.2) is 6.10 Å². The summed E-state index contributed by atoms with van der Waals surface area (Å²) in [7, 11) is 0. The molecule has 2 aromatic heterocycles. The summed E-state index contributed by atoms with van der Waals surface area (Å²) in [4.78, 5) is 49.2. The van der Waals surface area contributed by atoms with Gasteiger partial charge in [0.2, 0.25) is 0 Å². The van der Waals surface area contributed by atoms with Crippen LogP contribution in [0.15, 0.2) is 31.6 Å². The molecule has 0 amide bonds. The van der Waals surface area contributed by atoms with Gasteiger partial charge in [-0.1, -0.05) is 0 Å². The Balaban J connectivity index is 0.000000208. The van der Waals surface area contributed by atoms with E-state index in [2.05, 4.69) is 9.72 Å². The van der Waals surface area contributed by atoms with Crippen LogP contribution in [0, 0.1) is 10.5 Å². The Morgan fingerprint density at radius 2 is 1.62 bits per heavy atom.